The Hall–Kier alpha value is -1.12. The highest BCUT2D eigenvalue weighted by atomic mass is 32.1. The maximum atomic E-state index is 6.24. The van der Waals surface area contributed by atoms with Crippen LogP contribution in [0.5, 0.6) is 0 Å². The fraction of sp³-hybridized carbons (Fsp3) is 0.231. The van der Waals surface area contributed by atoms with Gasteiger partial charge in [0.1, 0.15) is 0 Å². The summed E-state index contributed by atoms with van der Waals surface area (Å²) < 4.78 is 0. The summed E-state index contributed by atoms with van der Waals surface area (Å²) in [6.07, 6.45) is 0. The fourth-order valence-electron chi connectivity index (χ4n) is 1.73. The summed E-state index contributed by atoms with van der Waals surface area (Å²) >= 11 is 1.69. The molecule has 2 N–H and O–H groups in total. The molecule has 1 aromatic carbocycles. The first-order valence-electron chi connectivity index (χ1n) is 5.03. The topological polar surface area (TPSA) is 26.0 Å². The molecule has 0 aliphatic heterocycles. The smallest absolute Gasteiger partial charge is 0.0562 e. The van der Waals surface area contributed by atoms with E-state index >= 15 is 0 Å². The lowest BCUT2D eigenvalue weighted by Crippen LogP contribution is -2.12. The first kappa shape index (κ1) is 10.4. The van der Waals surface area contributed by atoms with Crippen LogP contribution in [0.4, 0.5) is 0 Å². The van der Waals surface area contributed by atoms with Crippen LogP contribution < -0.4 is 5.73 Å². The summed E-state index contributed by atoms with van der Waals surface area (Å²) in [7, 11) is 0. The summed E-state index contributed by atoms with van der Waals surface area (Å²) in [5.41, 5.74) is 11.2. The van der Waals surface area contributed by atoms with Gasteiger partial charge in [0.2, 0.25) is 0 Å². The molecular weight excluding hydrogens is 202 g/mol. The van der Waals surface area contributed by atoms with Gasteiger partial charge < -0.3 is 5.73 Å². The highest BCUT2D eigenvalue weighted by Gasteiger charge is 2.11. The molecule has 0 saturated heterocycles. The zero-order valence-electron chi connectivity index (χ0n) is 9.03. The van der Waals surface area contributed by atoms with Crippen LogP contribution >= 0.6 is 11.3 Å². The van der Waals surface area contributed by atoms with E-state index in [4.69, 9.17) is 5.73 Å². The molecule has 1 aromatic heterocycles. The van der Waals surface area contributed by atoms with E-state index in [1.165, 1.54) is 22.3 Å². The Morgan fingerprint density at radius 2 is 2.00 bits per heavy atom. The molecule has 78 valence electrons. The molecule has 1 atom stereocenters. The molecule has 0 aliphatic carbocycles. The van der Waals surface area contributed by atoms with Crippen LogP contribution in [-0.2, 0) is 0 Å². The first-order valence-corrected chi connectivity index (χ1v) is 5.97. The predicted octanol–water partition coefficient (Wildman–Crippen LogP) is 3.41. The highest BCUT2D eigenvalue weighted by molar-refractivity contribution is 7.08. The first-order chi connectivity index (χ1) is 7.18. The van der Waals surface area contributed by atoms with Gasteiger partial charge in [-0.2, -0.15) is 11.3 Å². The van der Waals surface area contributed by atoms with Gasteiger partial charge in [-0.05, 0) is 47.4 Å². The van der Waals surface area contributed by atoms with E-state index in [1.807, 2.05) is 0 Å². The molecule has 1 nitrogen and oxygen atoms in total. The SMILES string of the molecule is Cc1ccc(C)c([C@@H](N)c2ccsc2)c1. The average Bonchev–Trinajstić information content (AvgIpc) is 2.74. The number of benzene rings is 1. The van der Waals surface area contributed by atoms with Crippen LogP contribution in [-0.4, -0.2) is 0 Å². The molecule has 0 bridgehead atoms. The second-order valence-electron chi connectivity index (χ2n) is 3.89. The number of aryl methyl sites for hydroxylation is 2. The minimum Gasteiger partial charge on any atom is -0.320 e. The molecule has 2 heteroatoms. The number of nitrogens with two attached hydrogens (primary N) is 1. The molecule has 2 rings (SSSR count). The van der Waals surface area contributed by atoms with Crippen LogP contribution in [0.2, 0.25) is 0 Å². The summed E-state index contributed by atoms with van der Waals surface area (Å²) in [6.45, 7) is 4.21. The number of hydrogen-bond acceptors (Lipinski definition) is 2. The zero-order valence-corrected chi connectivity index (χ0v) is 9.84. The van der Waals surface area contributed by atoms with E-state index in [9.17, 15) is 0 Å². The van der Waals surface area contributed by atoms with Crippen molar-refractivity contribution >= 4 is 11.3 Å². The standard InChI is InChI=1S/C13H15NS/c1-9-3-4-10(2)12(7-9)13(14)11-5-6-15-8-11/h3-8,13H,14H2,1-2H3/t13-/m0/s1. The molecule has 2 aromatic rings. The monoisotopic (exact) mass is 217 g/mol. The summed E-state index contributed by atoms with van der Waals surface area (Å²) in [5.74, 6) is 0. The van der Waals surface area contributed by atoms with Crippen LogP contribution in [0.1, 0.15) is 28.3 Å². The summed E-state index contributed by atoms with van der Waals surface area (Å²) in [6, 6.07) is 8.54. The minimum absolute atomic E-state index is 0.0103. The van der Waals surface area contributed by atoms with Crippen molar-refractivity contribution in [2.75, 3.05) is 0 Å². The molecule has 0 unspecified atom stereocenters. The third-order valence-electron chi connectivity index (χ3n) is 2.67. The lowest BCUT2D eigenvalue weighted by Gasteiger charge is -2.14. The number of hydrogen-bond donors (Lipinski definition) is 1. The summed E-state index contributed by atoms with van der Waals surface area (Å²) in [4.78, 5) is 0. The van der Waals surface area contributed by atoms with Crippen molar-refractivity contribution < 1.29 is 0 Å². The molecule has 0 fully saturated rings. The van der Waals surface area contributed by atoms with Gasteiger partial charge in [0.25, 0.3) is 0 Å². The van der Waals surface area contributed by atoms with Gasteiger partial charge in [-0.1, -0.05) is 23.8 Å². The maximum Gasteiger partial charge on any atom is 0.0562 e. The Morgan fingerprint density at radius 1 is 1.20 bits per heavy atom. The third-order valence-corrected chi connectivity index (χ3v) is 3.37. The molecule has 0 aliphatic rings. The lowest BCUT2D eigenvalue weighted by atomic mass is 9.96. The van der Waals surface area contributed by atoms with Crippen molar-refractivity contribution in [1.82, 2.24) is 0 Å². The van der Waals surface area contributed by atoms with Crippen LogP contribution in [0.15, 0.2) is 35.0 Å². The number of rotatable bonds is 2. The van der Waals surface area contributed by atoms with Gasteiger partial charge in [-0.15, -0.1) is 0 Å². The molecule has 0 spiro atoms. The molecular formula is C13H15NS. The Kier molecular flexibility index (Phi) is 2.89. The van der Waals surface area contributed by atoms with E-state index in [1.54, 1.807) is 11.3 Å². The third kappa shape index (κ3) is 2.11. The van der Waals surface area contributed by atoms with Crippen molar-refractivity contribution in [2.24, 2.45) is 5.73 Å². The molecule has 0 saturated carbocycles. The lowest BCUT2D eigenvalue weighted by molar-refractivity contribution is 0.865. The van der Waals surface area contributed by atoms with E-state index in [0.717, 1.165) is 0 Å². The van der Waals surface area contributed by atoms with Gasteiger partial charge in [-0.25, -0.2) is 0 Å². The Labute approximate surface area is 94.6 Å². The quantitative estimate of drug-likeness (QED) is 0.819. The normalized spacial score (nSPS) is 12.7. The van der Waals surface area contributed by atoms with Gasteiger partial charge in [0.05, 0.1) is 6.04 Å². The second kappa shape index (κ2) is 4.17. The molecule has 0 amide bonds. The molecule has 15 heavy (non-hydrogen) atoms. The van der Waals surface area contributed by atoms with Gasteiger partial charge in [0.15, 0.2) is 0 Å². The van der Waals surface area contributed by atoms with Crippen LogP contribution in [0.3, 0.4) is 0 Å². The Morgan fingerprint density at radius 3 is 2.67 bits per heavy atom. The average molecular weight is 217 g/mol. The van der Waals surface area contributed by atoms with E-state index in [2.05, 4.69) is 48.9 Å². The van der Waals surface area contributed by atoms with Crippen molar-refractivity contribution in [3.8, 4) is 0 Å². The van der Waals surface area contributed by atoms with Gasteiger partial charge in [-0.3, -0.25) is 0 Å². The molecule has 1 heterocycles. The van der Waals surface area contributed by atoms with Crippen molar-refractivity contribution in [3.05, 3.63) is 57.3 Å². The number of thiophene rings is 1. The van der Waals surface area contributed by atoms with Crippen molar-refractivity contribution in [3.63, 3.8) is 0 Å². The Balaban J connectivity index is 2.41. The zero-order chi connectivity index (χ0) is 10.8. The molecule has 0 radical (unpaired) electrons. The van der Waals surface area contributed by atoms with Crippen molar-refractivity contribution in [2.45, 2.75) is 19.9 Å². The van der Waals surface area contributed by atoms with Crippen LogP contribution in [0.25, 0.3) is 0 Å². The maximum absolute atomic E-state index is 6.24. The predicted molar refractivity (Wildman–Crippen MR) is 66.3 cm³/mol. The van der Waals surface area contributed by atoms with E-state index in [0.29, 0.717) is 0 Å². The summed E-state index contributed by atoms with van der Waals surface area (Å²) in [5, 5.41) is 4.19. The Bertz CT molecular complexity index is 446. The van der Waals surface area contributed by atoms with Gasteiger partial charge >= 0.3 is 0 Å². The van der Waals surface area contributed by atoms with E-state index < -0.39 is 0 Å². The van der Waals surface area contributed by atoms with Gasteiger partial charge in [0, 0.05) is 0 Å². The highest BCUT2D eigenvalue weighted by Crippen LogP contribution is 2.25. The second-order valence-corrected chi connectivity index (χ2v) is 4.67. The fourth-order valence-corrected chi connectivity index (χ4v) is 2.42. The van der Waals surface area contributed by atoms with E-state index in [-0.39, 0.29) is 6.04 Å². The minimum atomic E-state index is 0.0103. The van der Waals surface area contributed by atoms with Crippen molar-refractivity contribution in [1.29, 1.82) is 0 Å². The van der Waals surface area contributed by atoms with Crippen LogP contribution in [0, 0.1) is 13.8 Å². The largest absolute Gasteiger partial charge is 0.320 e.